The van der Waals surface area contributed by atoms with Gasteiger partial charge in [0.1, 0.15) is 17.8 Å². The van der Waals surface area contributed by atoms with Crippen molar-refractivity contribution in [3.63, 3.8) is 0 Å². The van der Waals surface area contributed by atoms with Crippen LogP contribution < -0.4 is 15.4 Å². The van der Waals surface area contributed by atoms with Crippen LogP contribution in [0.4, 0.5) is 5.69 Å². The van der Waals surface area contributed by atoms with E-state index in [1.54, 1.807) is 18.3 Å². The maximum Gasteiger partial charge on any atom is 0.251 e. The average molecular weight is 504 g/mol. The first-order valence-electron chi connectivity index (χ1n) is 12.2. The van der Waals surface area contributed by atoms with Gasteiger partial charge < -0.3 is 24.7 Å². The molecule has 1 amide bonds. The van der Waals surface area contributed by atoms with E-state index in [1.807, 2.05) is 54.1 Å². The third kappa shape index (κ3) is 6.10. The Morgan fingerprint density at radius 1 is 1.16 bits per heavy atom. The Morgan fingerprint density at radius 3 is 2.92 bits per heavy atom. The minimum Gasteiger partial charge on any atom is -0.493 e. The molecule has 10 nitrogen and oxygen atoms in total. The third-order valence-electron chi connectivity index (χ3n) is 6.26. The fourth-order valence-corrected chi connectivity index (χ4v) is 4.10. The summed E-state index contributed by atoms with van der Waals surface area (Å²) in [7, 11) is 1.89. The predicted molar refractivity (Wildman–Crippen MR) is 142 cm³/mol. The summed E-state index contributed by atoms with van der Waals surface area (Å²) < 4.78 is 13.3. The fraction of sp³-hybridized carbons (Fsp3) is 0.296. The first kappa shape index (κ1) is 24.4. The van der Waals surface area contributed by atoms with Crippen molar-refractivity contribution in [2.24, 2.45) is 13.0 Å². The van der Waals surface area contributed by atoms with Gasteiger partial charge in [0.05, 0.1) is 19.8 Å². The molecule has 3 heterocycles. The van der Waals surface area contributed by atoms with Gasteiger partial charge in [-0.3, -0.25) is 4.79 Å². The first-order valence-corrected chi connectivity index (χ1v) is 12.2. The van der Waals surface area contributed by atoms with Crippen LogP contribution in [-0.2, 0) is 24.9 Å². The number of anilines is 1. The van der Waals surface area contributed by atoms with Crippen LogP contribution in [0.2, 0.25) is 0 Å². The lowest BCUT2D eigenvalue weighted by molar-refractivity contribution is 0.0950. The number of para-hydroxylation sites is 1. The number of nitrogens with one attached hydrogen (secondary N) is 2. The number of carbonyl (C=O) groups is 1. The zero-order valence-electron chi connectivity index (χ0n) is 20.6. The van der Waals surface area contributed by atoms with Crippen LogP contribution in [0.25, 0.3) is 11.5 Å². The van der Waals surface area contributed by atoms with Gasteiger partial charge in [-0.05, 0) is 36.8 Å². The number of amides is 1. The van der Waals surface area contributed by atoms with Crippen LogP contribution in [0.15, 0.2) is 67.1 Å². The molecule has 2 aromatic carbocycles. The van der Waals surface area contributed by atoms with E-state index in [2.05, 4.69) is 30.8 Å². The lowest BCUT2D eigenvalue weighted by atomic mass is 10.1. The van der Waals surface area contributed by atoms with Gasteiger partial charge in [-0.15, -0.1) is 10.2 Å². The quantitative estimate of drug-likeness (QED) is 0.336. The minimum atomic E-state index is -0.160. The van der Waals surface area contributed by atoms with Gasteiger partial charge in [-0.25, -0.2) is 9.97 Å². The minimum absolute atomic E-state index is 0. The topological polar surface area (TPSA) is 116 Å². The van der Waals surface area contributed by atoms with Crippen LogP contribution in [0, 0.1) is 5.92 Å². The SMILES string of the molecule is Cn1c(CNc2cccc(C(=O)NCc3ccccc3OCC3CCOC3)c2)nnc1-c1ccncn1.[HH].[HH]. The fourth-order valence-electron chi connectivity index (χ4n) is 4.10. The summed E-state index contributed by atoms with van der Waals surface area (Å²) in [5, 5.41) is 14.8. The van der Waals surface area contributed by atoms with Gasteiger partial charge in [-0.2, -0.15) is 0 Å². The number of benzene rings is 2. The van der Waals surface area contributed by atoms with Crippen LogP contribution in [-0.4, -0.2) is 50.5 Å². The Hall–Kier alpha value is -4.31. The molecule has 37 heavy (non-hydrogen) atoms. The summed E-state index contributed by atoms with van der Waals surface area (Å²) in [6, 6.07) is 16.9. The summed E-state index contributed by atoms with van der Waals surface area (Å²) in [6.07, 6.45) is 4.17. The van der Waals surface area contributed by atoms with Gasteiger partial charge in [0.15, 0.2) is 11.6 Å². The highest BCUT2D eigenvalue weighted by atomic mass is 16.5. The van der Waals surface area contributed by atoms with Crippen molar-refractivity contribution in [2.45, 2.75) is 19.5 Å². The van der Waals surface area contributed by atoms with Gasteiger partial charge in [0, 0.05) is 52.0 Å². The molecule has 5 rings (SSSR count). The van der Waals surface area contributed by atoms with Crippen molar-refractivity contribution in [1.29, 1.82) is 0 Å². The van der Waals surface area contributed by atoms with Crippen molar-refractivity contribution < 1.29 is 17.1 Å². The summed E-state index contributed by atoms with van der Waals surface area (Å²) in [5.74, 6) is 2.44. The molecule has 1 saturated heterocycles. The Kier molecular flexibility index (Phi) is 7.66. The Bertz CT molecular complexity index is 1350. The second kappa shape index (κ2) is 11.6. The number of aromatic nitrogens is 5. The molecule has 0 radical (unpaired) electrons. The predicted octanol–water partition coefficient (Wildman–Crippen LogP) is 3.72. The maximum absolute atomic E-state index is 12.9. The number of hydrogen-bond acceptors (Lipinski definition) is 8. The number of rotatable bonds is 10. The van der Waals surface area contributed by atoms with E-state index in [4.69, 9.17) is 9.47 Å². The van der Waals surface area contributed by atoms with E-state index in [9.17, 15) is 4.79 Å². The van der Waals surface area contributed by atoms with Crippen LogP contribution in [0.1, 0.15) is 31.0 Å². The Balaban J connectivity index is 0.00000210. The Morgan fingerprint density at radius 2 is 2.08 bits per heavy atom. The lowest BCUT2D eigenvalue weighted by Crippen LogP contribution is -2.23. The number of ether oxygens (including phenoxy) is 2. The average Bonchev–Trinajstić information content (AvgIpc) is 3.60. The van der Waals surface area contributed by atoms with Crippen molar-refractivity contribution in [3.8, 4) is 17.3 Å². The molecule has 0 spiro atoms. The second-order valence-electron chi connectivity index (χ2n) is 8.86. The van der Waals surface area contributed by atoms with Crippen molar-refractivity contribution in [1.82, 2.24) is 30.0 Å². The summed E-state index contributed by atoms with van der Waals surface area (Å²) in [4.78, 5) is 21.1. The third-order valence-corrected chi connectivity index (χ3v) is 6.26. The lowest BCUT2D eigenvalue weighted by Gasteiger charge is -2.15. The van der Waals surface area contributed by atoms with Crippen molar-refractivity contribution in [3.05, 3.63) is 84.1 Å². The number of nitrogens with zero attached hydrogens (tertiary/aromatic N) is 5. The molecular weight excluding hydrogens is 470 g/mol. The van der Waals surface area contributed by atoms with E-state index in [-0.39, 0.29) is 8.76 Å². The first-order chi connectivity index (χ1) is 18.2. The van der Waals surface area contributed by atoms with Crippen molar-refractivity contribution in [2.75, 3.05) is 25.1 Å². The molecule has 2 N–H and O–H groups in total. The molecule has 0 saturated carbocycles. The van der Waals surface area contributed by atoms with E-state index >= 15 is 0 Å². The van der Waals surface area contributed by atoms with Gasteiger partial charge >= 0.3 is 0 Å². The second-order valence-corrected chi connectivity index (χ2v) is 8.86. The monoisotopic (exact) mass is 503 g/mol. The van der Waals surface area contributed by atoms with E-state index < -0.39 is 0 Å². The van der Waals surface area contributed by atoms with E-state index in [1.165, 1.54) is 6.33 Å². The summed E-state index contributed by atoms with van der Waals surface area (Å²) in [6.45, 7) is 2.96. The molecule has 1 atom stereocenters. The molecule has 2 aromatic heterocycles. The largest absolute Gasteiger partial charge is 0.493 e. The van der Waals surface area contributed by atoms with Gasteiger partial charge in [0.25, 0.3) is 5.91 Å². The highest BCUT2D eigenvalue weighted by Crippen LogP contribution is 2.21. The summed E-state index contributed by atoms with van der Waals surface area (Å²) >= 11 is 0. The zero-order valence-corrected chi connectivity index (χ0v) is 20.6. The van der Waals surface area contributed by atoms with E-state index in [0.717, 1.165) is 42.5 Å². The Labute approximate surface area is 218 Å². The zero-order chi connectivity index (χ0) is 25.5. The van der Waals surface area contributed by atoms with Crippen LogP contribution in [0.3, 0.4) is 0 Å². The molecule has 4 aromatic rings. The normalized spacial score (nSPS) is 14.9. The molecule has 0 bridgehead atoms. The van der Waals surface area contributed by atoms with Crippen LogP contribution in [0.5, 0.6) is 5.75 Å². The number of hydrogen-bond donors (Lipinski definition) is 2. The van der Waals surface area contributed by atoms with Gasteiger partial charge in [-0.1, -0.05) is 24.3 Å². The summed E-state index contributed by atoms with van der Waals surface area (Å²) in [5.41, 5.74) is 3.01. The molecule has 1 aliphatic rings. The highest BCUT2D eigenvalue weighted by Gasteiger charge is 2.17. The molecular formula is C27H33N7O3. The molecule has 10 heteroatoms. The molecule has 1 aliphatic heterocycles. The van der Waals surface area contributed by atoms with Crippen LogP contribution >= 0.6 is 0 Å². The molecule has 0 aliphatic carbocycles. The van der Waals surface area contributed by atoms with Crippen molar-refractivity contribution >= 4 is 11.6 Å². The molecule has 1 unspecified atom stereocenters. The smallest absolute Gasteiger partial charge is 0.251 e. The maximum atomic E-state index is 12.9. The molecule has 1 fully saturated rings. The van der Waals surface area contributed by atoms with E-state index in [0.29, 0.717) is 42.7 Å². The van der Waals surface area contributed by atoms with Gasteiger partial charge in [0.2, 0.25) is 0 Å². The molecule has 194 valence electrons. The standard InChI is InChI=1S/C27H29N7O3.2H2/c1-34-25(32-33-26(34)23-9-11-28-18-31-23)15-29-22-7-4-6-20(13-22)27(35)30-14-21-5-2-3-8-24(21)37-17-19-10-12-36-16-19;;/h2-9,11,13,18-19,29H,10,12,14-17H2,1H3,(H,30,35);2*1H. The highest BCUT2D eigenvalue weighted by molar-refractivity contribution is 5.95. The number of carbonyl (C=O) groups excluding carboxylic acids is 1.